The van der Waals surface area contributed by atoms with Gasteiger partial charge in [-0.1, -0.05) is 0 Å². The van der Waals surface area contributed by atoms with Gasteiger partial charge in [0.1, 0.15) is 5.75 Å². The van der Waals surface area contributed by atoms with Crippen molar-refractivity contribution in [2.45, 2.75) is 32.7 Å². The molecule has 0 saturated carbocycles. The van der Waals surface area contributed by atoms with Gasteiger partial charge >= 0.3 is 0 Å². The number of anilines is 1. The fraction of sp³-hybridized carbons (Fsp3) is 0.444. The van der Waals surface area contributed by atoms with Crippen LogP contribution in [0.4, 0.5) is 5.13 Å². The van der Waals surface area contributed by atoms with Crippen LogP contribution in [0, 0.1) is 5.92 Å². The van der Waals surface area contributed by atoms with Crippen LogP contribution in [-0.2, 0) is 4.79 Å². The molecule has 3 rings (SSSR count). The highest BCUT2D eigenvalue weighted by Gasteiger charge is 2.25. The first-order valence-corrected chi connectivity index (χ1v) is 9.26. The number of piperidine rings is 1. The molecule has 1 aromatic carbocycles. The number of hydrogen-bond donors (Lipinski definition) is 2. The molecule has 0 unspecified atom stereocenters. The molecule has 5 nitrogen and oxygen atoms in total. The van der Waals surface area contributed by atoms with E-state index >= 15 is 0 Å². The van der Waals surface area contributed by atoms with Crippen LogP contribution in [-0.4, -0.2) is 30.1 Å². The molecule has 2 atom stereocenters. The molecule has 0 radical (unpaired) electrons. The van der Waals surface area contributed by atoms with Crippen molar-refractivity contribution in [3.05, 3.63) is 29.6 Å². The van der Waals surface area contributed by atoms with E-state index in [0.717, 1.165) is 36.4 Å². The van der Waals surface area contributed by atoms with Gasteiger partial charge in [0.25, 0.3) is 0 Å². The van der Waals surface area contributed by atoms with E-state index in [1.54, 1.807) is 0 Å². The zero-order valence-electron chi connectivity index (χ0n) is 14.0. The number of carbonyl (C=O) groups excluding carboxylic acids is 1. The smallest absolute Gasteiger partial charge is 0.229 e. The average Bonchev–Trinajstić information content (AvgIpc) is 3.04. The summed E-state index contributed by atoms with van der Waals surface area (Å²) in [6, 6.07) is 8.24. The Labute approximate surface area is 146 Å². The van der Waals surface area contributed by atoms with Crippen molar-refractivity contribution >= 4 is 22.4 Å². The molecule has 1 aromatic heterocycles. The quantitative estimate of drug-likeness (QED) is 0.870. The highest BCUT2D eigenvalue weighted by Crippen LogP contribution is 2.27. The van der Waals surface area contributed by atoms with Crippen LogP contribution in [0.15, 0.2) is 29.6 Å². The standard InChI is InChI=1S/C18H23N3O2S/c1-3-23-15-6-4-13(5-7-15)16-11-24-18(20-16)21-17(22)14-8-9-19-12(2)10-14/h4-7,11-12,14,19H,3,8-10H2,1-2H3,(H,20,21,22)/t12-,14-/m0/s1. The lowest BCUT2D eigenvalue weighted by atomic mass is 9.92. The first-order valence-electron chi connectivity index (χ1n) is 8.38. The average molecular weight is 345 g/mol. The monoisotopic (exact) mass is 345 g/mol. The SMILES string of the molecule is CCOc1ccc(-c2csc(NC(=O)[C@H]3CCN[C@@H](C)C3)n2)cc1. The first-order chi connectivity index (χ1) is 11.7. The fourth-order valence-corrected chi connectivity index (χ4v) is 3.65. The van der Waals surface area contributed by atoms with Gasteiger partial charge in [0.2, 0.25) is 5.91 Å². The van der Waals surface area contributed by atoms with E-state index in [1.807, 2.05) is 36.6 Å². The summed E-state index contributed by atoms with van der Waals surface area (Å²) in [6.07, 6.45) is 1.76. The lowest BCUT2D eigenvalue weighted by Gasteiger charge is -2.26. The summed E-state index contributed by atoms with van der Waals surface area (Å²) in [5, 5.41) is 8.97. The molecule has 0 bridgehead atoms. The van der Waals surface area contributed by atoms with Crippen molar-refractivity contribution in [1.82, 2.24) is 10.3 Å². The van der Waals surface area contributed by atoms with Crippen LogP contribution < -0.4 is 15.4 Å². The van der Waals surface area contributed by atoms with Crippen LogP contribution in [0.5, 0.6) is 5.75 Å². The molecule has 1 aliphatic heterocycles. The van der Waals surface area contributed by atoms with Gasteiger partial charge in [0.15, 0.2) is 5.13 Å². The Morgan fingerprint density at radius 2 is 2.21 bits per heavy atom. The second kappa shape index (κ2) is 7.77. The van der Waals surface area contributed by atoms with Gasteiger partial charge in [-0.2, -0.15) is 0 Å². The Morgan fingerprint density at radius 1 is 1.42 bits per heavy atom. The van der Waals surface area contributed by atoms with E-state index in [0.29, 0.717) is 17.8 Å². The van der Waals surface area contributed by atoms with E-state index in [2.05, 4.69) is 22.5 Å². The lowest BCUT2D eigenvalue weighted by Crippen LogP contribution is -2.40. The van der Waals surface area contributed by atoms with Crippen LogP contribution in [0.2, 0.25) is 0 Å². The molecule has 2 aromatic rings. The minimum atomic E-state index is 0.0686. The summed E-state index contributed by atoms with van der Waals surface area (Å²) in [5.41, 5.74) is 1.89. The van der Waals surface area contributed by atoms with Crippen LogP contribution >= 0.6 is 11.3 Å². The first kappa shape index (κ1) is 16.9. The molecule has 2 N–H and O–H groups in total. The van der Waals surface area contributed by atoms with Crippen molar-refractivity contribution < 1.29 is 9.53 Å². The Morgan fingerprint density at radius 3 is 2.92 bits per heavy atom. The lowest BCUT2D eigenvalue weighted by molar-refractivity contribution is -0.120. The second-order valence-electron chi connectivity index (χ2n) is 6.06. The number of thiazole rings is 1. The topological polar surface area (TPSA) is 63.2 Å². The van der Waals surface area contributed by atoms with Crippen molar-refractivity contribution in [1.29, 1.82) is 0 Å². The van der Waals surface area contributed by atoms with E-state index in [4.69, 9.17) is 4.74 Å². The molecular formula is C18H23N3O2S. The molecule has 1 saturated heterocycles. The van der Waals surface area contributed by atoms with Gasteiger partial charge < -0.3 is 15.4 Å². The molecule has 2 heterocycles. The van der Waals surface area contributed by atoms with E-state index < -0.39 is 0 Å². The van der Waals surface area contributed by atoms with E-state index in [-0.39, 0.29) is 11.8 Å². The number of nitrogens with zero attached hydrogens (tertiary/aromatic N) is 1. The zero-order valence-corrected chi connectivity index (χ0v) is 14.9. The molecule has 0 aliphatic carbocycles. The Hall–Kier alpha value is -1.92. The van der Waals surface area contributed by atoms with Crippen LogP contribution in [0.3, 0.4) is 0 Å². The predicted molar refractivity (Wildman–Crippen MR) is 97.5 cm³/mol. The predicted octanol–water partition coefficient (Wildman–Crippen LogP) is 3.54. The van der Waals surface area contributed by atoms with Gasteiger partial charge in [-0.15, -0.1) is 11.3 Å². The van der Waals surface area contributed by atoms with E-state index in [1.165, 1.54) is 11.3 Å². The minimum absolute atomic E-state index is 0.0686. The van der Waals surface area contributed by atoms with Crippen molar-refractivity contribution in [2.24, 2.45) is 5.92 Å². The summed E-state index contributed by atoms with van der Waals surface area (Å²) in [5.74, 6) is 1.00. The van der Waals surface area contributed by atoms with Crippen LogP contribution in [0.25, 0.3) is 11.3 Å². The van der Waals surface area contributed by atoms with Gasteiger partial charge in [-0.3, -0.25) is 4.79 Å². The Kier molecular flexibility index (Phi) is 5.48. The van der Waals surface area contributed by atoms with Gasteiger partial charge in [0, 0.05) is 22.9 Å². The molecule has 1 fully saturated rings. The summed E-state index contributed by atoms with van der Waals surface area (Å²) in [6.45, 7) is 5.63. The van der Waals surface area contributed by atoms with Crippen molar-refractivity contribution in [3.63, 3.8) is 0 Å². The maximum absolute atomic E-state index is 12.4. The Balaban J connectivity index is 1.63. The maximum atomic E-state index is 12.4. The molecule has 0 spiro atoms. The Bertz CT molecular complexity index is 684. The summed E-state index contributed by atoms with van der Waals surface area (Å²) < 4.78 is 5.45. The zero-order chi connectivity index (χ0) is 16.9. The largest absolute Gasteiger partial charge is 0.494 e. The van der Waals surface area contributed by atoms with Gasteiger partial charge in [-0.25, -0.2) is 4.98 Å². The number of nitrogens with one attached hydrogen (secondary N) is 2. The second-order valence-corrected chi connectivity index (χ2v) is 6.92. The molecule has 128 valence electrons. The molecule has 24 heavy (non-hydrogen) atoms. The molecule has 1 amide bonds. The maximum Gasteiger partial charge on any atom is 0.229 e. The van der Waals surface area contributed by atoms with Crippen LogP contribution in [0.1, 0.15) is 26.7 Å². The highest BCUT2D eigenvalue weighted by molar-refractivity contribution is 7.14. The minimum Gasteiger partial charge on any atom is -0.494 e. The number of hydrogen-bond acceptors (Lipinski definition) is 5. The van der Waals surface area contributed by atoms with Gasteiger partial charge in [-0.05, 0) is 57.5 Å². The van der Waals surface area contributed by atoms with Crippen molar-refractivity contribution in [2.75, 3.05) is 18.5 Å². The summed E-state index contributed by atoms with van der Waals surface area (Å²) >= 11 is 1.46. The normalized spacial score (nSPS) is 20.6. The third-order valence-electron chi connectivity index (χ3n) is 4.19. The summed E-state index contributed by atoms with van der Waals surface area (Å²) in [4.78, 5) is 16.9. The number of rotatable bonds is 5. The third kappa shape index (κ3) is 4.13. The number of ether oxygens (including phenoxy) is 1. The van der Waals surface area contributed by atoms with E-state index in [9.17, 15) is 4.79 Å². The number of aromatic nitrogens is 1. The highest BCUT2D eigenvalue weighted by atomic mass is 32.1. The number of carbonyl (C=O) groups is 1. The molecule has 1 aliphatic rings. The molecular weight excluding hydrogens is 322 g/mol. The molecule has 6 heteroatoms. The van der Waals surface area contributed by atoms with Gasteiger partial charge in [0.05, 0.1) is 12.3 Å². The van der Waals surface area contributed by atoms with Crippen molar-refractivity contribution in [3.8, 4) is 17.0 Å². The number of benzene rings is 1. The number of amides is 1. The fourth-order valence-electron chi connectivity index (χ4n) is 2.93. The third-order valence-corrected chi connectivity index (χ3v) is 4.95. The summed E-state index contributed by atoms with van der Waals surface area (Å²) in [7, 11) is 0.